The Morgan fingerprint density at radius 1 is 0.966 bits per heavy atom. The molecule has 0 aliphatic carbocycles. The molecule has 0 saturated heterocycles. The molecular formula is C20H17Cl2N3O4. The monoisotopic (exact) mass is 433 g/mol. The van der Waals surface area contributed by atoms with Crippen molar-refractivity contribution in [3.05, 3.63) is 57.1 Å². The van der Waals surface area contributed by atoms with E-state index in [2.05, 4.69) is 10.6 Å². The van der Waals surface area contributed by atoms with Crippen molar-refractivity contribution in [2.45, 2.75) is 26.8 Å². The molecule has 0 spiro atoms. The summed E-state index contributed by atoms with van der Waals surface area (Å²) in [6.45, 7) is 4.61. The van der Waals surface area contributed by atoms with Crippen LogP contribution in [-0.2, 0) is 9.59 Å². The van der Waals surface area contributed by atoms with E-state index in [4.69, 9.17) is 23.2 Å². The van der Waals surface area contributed by atoms with Gasteiger partial charge in [0.25, 0.3) is 11.8 Å². The second-order valence-electron chi connectivity index (χ2n) is 6.67. The van der Waals surface area contributed by atoms with Crippen molar-refractivity contribution in [3.8, 4) is 0 Å². The Labute approximate surface area is 177 Å². The van der Waals surface area contributed by atoms with Crippen molar-refractivity contribution in [1.82, 2.24) is 4.90 Å². The Hall–Kier alpha value is -2.90. The predicted molar refractivity (Wildman–Crippen MR) is 111 cm³/mol. The van der Waals surface area contributed by atoms with Crippen LogP contribution >= 0.6 is 23.2 Å². The van der Waals surface area contributed by atoms with Crippen molar-refractivity contribution < 1.29 is 19.2 Å². The number of halogens is 2. The van der Waals surface area contributed by atoms with Gasteiger partial charge in [-0.1, -0.05) is 29.3 Å². The molecular weight excluding hydrogens is 417 g/mol. The van der Waals surface area contributed by atoms with Gasteiger partial charge in [0.2, 0.25) is 11.8 Å². The summed E-state index contributed by atoms with van der Waals surface area (Å²) >= 11 is 11.9. The Balaban J connectivity index is 1.83. The average molecular weight is 434 g/mol. The lowest BCUT2D eigenvalue weighted by atomic mass is 10.1. The summed E-state index contributed by atoms with van der Waals surface area (Å²) < 4.78 is 0. The summed E-state index contributed by atoms with van der Waals surface area (Å²) in [5.41, 5.74) is 1.92. The van der Waals surface area contributed by atoms with E-state index < -0.39 is 23.8 Å². The molecule has 1 aliphatic heterocycles. The number of benzene rings is 2. The van der Waals surface area contributed by atoms with Crippen LogP contribution in [0.25, 0.3) is 0 Å². The highest BCUT2D eigenvalue weighted by molar-refractivity contribution is 6.43. The largest absolute Gasteiger partial charge is 0.326 e. The normalized spacial score (nSPS) is 13.9. The van der Waals surface area contributed by atoms with Gasteiger partial charge in [0.1, 0.15) is 6.04 Å². The van der Waals surface area contributed by atoms with Gasteiger partial charge in [-0.05, 0) is 43.7 Å². The van der Waals surface area contributed by atoms with Crippen LogP contribution in [0.2, 0.25) is 10.0 Å². The lowest BCUT2D eigenvalue weighted by Crippen LogP contribution is -2.45. The zero-order valence-electron chi connectivity index (χ0n) is 15.8. The number of aryl methyl sites for hydroxylation is 1. The van der Waals surface area contributed by atoms with Crippen molar-refractivity contribution in [1.29, 1.82) is 0 Å². The second kappa shape index (κ2) is 7.85. The minimum atomic E-state index is -1.08. The SMILES string of the molecule is CC(=O)Nc1ccc(C)c(NC(=O)C(C)N2C(=O)c3cc(Cl)c(Cl)cc3C2=O)c1. The van der Waals surface area contributed by atoms with Gasteiger partial charge in [-0.25, -0.2) is 0 Å². The molecule has 1 unspecified atom stereocenters. The molecule has 1 heterocycles. The number of nitrogens with zero attached hydrogens (tertiary/aromatic N) is 1. The molecule has 150 valence electrons. The van der Waals surface area contributed by atoms with Crippen LogP contribution in [0.4, 0.5) is 11.4 Å². The number of hydrogen-bond acceptors (Lipinski definition) is 4. The number of imide groups is 1. The fourth-order valence-electron chi connectivity index (χ4n) is 3.00. The molecule has 1 atom stereocenters. The van der Waals surface area contributed by atoms with E-state index in [-0.39, 0.29) is 27.1 Å². The molecule has 2 N–H and O–H groups in total. The van der Waals surface area contributed by atoms with Crippen molar-refractivity contribution in [2.24, 2.45) is 0 Å². The van der Waals surface area contributed by atoms with E-state index in [0.717, 1.165) is 10.5 Å². The quantitative estimate of drug-likeness (QED) is 0.714. The van der Waals surface area contributed by atoms with Gasteiger partial charge in [-0.15, -0.1) is 0 Å². The molecule has 1 aliphatic rings. The van der Waals surface area contributed by atoms with E-state index in [1.807, 2.05) is 0 Å². The molecule has 29 heavy (non-hydrogen) atoms. The third kappa shape index (κ3) is 3.97. The summed E-state index contributed by atoms with van der Waals surface area (Å²) in [5, 5.41) is 5.63. The molecule has 3 rings (SSSR count). The number of rotatable bonds is 4. The molecule has 9 heteroatoms. The average Bonchev–Trinajstić information content (AvgIpc) is 2.87. The minimum Gasteiger partial charge on any atom is -0.326 e. The van der Waals surface area contributed by atoms with Crippen LogP contribution in [-0.4, -0.2) is 34.6 Å². The minimum absolute atomic E-state index is 0.105. The van der Waals surface area contributed by atoms with Crippen LogP contribution in [0.5, 0.6) is 0 Å². The Morgan fingerprint density at radius 2 is 1.52 bits per heavy atom. The maximum atomic E-state index is 12.8. The second-order valence-corrected chi connectivity index (χ2v) is 7.48. The summed E-state index contributed by atoms with van der Waals surface area (Å²) in [5.74, 6) is -2.03. The third-order valence-corrected chi connectivity index (χ3v) is 5.26. The fourth-order valence-corrected chi connectivity index (χ4v) is 3.32. The summed E-state index contributed by atoms with van der Waals surface area (Å²) in [4.78, 5) is 50.3. The lowest BCUT2D eigenvalue weighted by Gasteiger charge is -2.22. The van der Waals surface area contributed by atoms with E-state index in [0.29, 0.717) is 11.4 Å². The molecule has 0 bridgehead atoms. The zero-order chi connectivity index (χ0) is 21.5. The first-order valence-corrected chi connectivity index (χ1v) is 9.41. The van der Waals surface area contributed by atoms with Gasteiger partial charge in [-0.3, -0.25) is 24.1 Å². The molecule has 0 radical (unpaired) electrons. The number of anilines is 2. The molecule has 0 fully saturated rings. The molecule has 4 amide bonds. The number of carbonyl (C=O) groups excluding carboxylic acids is 4. The molecule has 2 aromatic carbocycles. The van der Waals surface area contributed by atoms with Crippen LogP contribution in [0.3, 0.4) is 0 Å². The van der Waals surface area contributed by atoms with Gasteiger partial charge in [0.05, 0.1) is 21.2 Å². The maximum absolute atomic E-state index is 12.8. The summed E-state index contributed by atoms with van der Waals surface area (Å²) in [7, 11) is 0. The van der Waals surface area contributed by atoms with Gasteiger partial charge >= 0.3 is 0 Å². The van der Waals surface area contributed by atoms with Gasteiger partial charge in [-0.2, -0.15) is 0 Å². The smallest absolute Gasteiger partial charge is 0.262 e. The third-order valence-electron chi connectivity index (χ3n) is 4.54. The van der Waals surface area contributed by atoms with Gasteiger partial charge < -0.3 is 10.6 Å². The van der Waals surface area contributed by atoms with Crippen LogP contribution in [0, 0.1) is 6.92 Å². The number of carbonyl (C=O) groups is 4. The Kier molecular flexibility index (Phi) is 5.64. The van der Waals surface area contributed by atoms with E-state index in [1.54, 1.807) is 25.1 Å². The van der Waals surface area contributed by atoms with Crippen LogP contribution in [0.15, 0.2) is 30.3 Å². The van der Waals surface area contributed by atoms with Gasteiger partial charge in [0.15, 0.2) is 0 Å². The Morgan fingerprint density at radius 3 is 2.03 bits per heavy atom. The first-order chi connectivity index (χ1) is 13.6. The number of nitrogens with one attached hydrogen (secondary N) is 2. The Bertz CT molecular complexity index is 1030. The van der Waals surface area contributed by atoms with E-state index in [9.17, 15) is 19.2 Å². The molecule has 7 nitrogen and oxygen atoms in total. The highest BCUT2D eigenvalue weighted by Gasteiger charge is 2.41. The standard InChI is InChI=1S/C20H17Cl2N3O4/c1-9-4-5-12(23-11(3)26)6-17(9)24-18(27)10(2)25-19(28)13-7-15(21)16(22)8-14(13)20(25)29/h4-8,10H,1-3H3,(H,23,26)(H,24,27). The first kappa shape index (κ1) is 20.8. The van der Waals surface area contributed by atoms with Crippen molar-refractivity contribution >= 4 is 58.2 Å². The van der Waals surface area contributed by atoms with Crippen LogP contribution < -0.4 is 10.6 Å². The van der Waals surface area contributed by atoms with Crippen molar-refractivity contribution in [2.75, 3.05) is 10.6 Å². The summed E-state index contributed by atoms with van der Waals surface area (Å²) in [6, 6.07) is 6.61. The zero-order valence-corrected chi connectivity index (χ0v) is 17.3. The summed E-state index contributed by atoms with van der Waals surface area (Å²) in [6.07, 6.45) is 0. The topological polar surface area (TPSA) is 95.6 Å². The molecule has 0 saturated carbocycles. The highest BCUT2D eigenvalue weighted by atomic mass is 35.5. The van der Waals surface area contributed by atoms with Crippen molar-refractivity contribution in [3.63, 3.8) is 0 Å². The first-order valence-electron chi connectivity index (χ1n) is 8.66. The van der Waals surface area contributed by atoms with Gasteiger partial charge in [0, 0.05) is 18.3 Å². The lowest BCUT2D eigenvalue weighted by molar-refractivity contribution is -0.119. The molecule has 2 aromatic rings. The van der Waals surface area contributed by atoms with E-state index in [1.165, 1.54) is 26.0 Å². The number of amides is 4. The number of hydrogen-bond donors (Lipinski definition) is 2. The fraction of sp³-hybridized carbons (Fsp3) is 0.200. The highest BCUT2D eigenvalue weighted by Crippen LogP contribution is 2.32. The number of fused-ring (bicyclic) bond motifs is 1. The van der Waals surface area contributed by atoms with Crippen LogP contribution in [0.1, 0.15) is 40.1 Å². The van der Waals surface area contributed by atoms with E-state index >= 15 is 0 Å². The predicted octanol–water partition coefficient (Wildman–Crippen LogP) is 3.88. The maximum Gasteiger partial charge on any atom is 0.262 e. The molecule has 0 aromatic heterocycles.